The van der Waals surface area contributed by atoms with Crippen LogP contribution in [0.4, 0.5) is 17.3 Å². The molecule has 0 aliphatic rings. The van der Waals surface area contributed by atoms with Crippen LogP contribution >= 0.6 is 0 Å². The standard InChI is InChI=1S/C8H13N5O4S/c1-18(16,17)4-2-3-10-8-6(13(14)15)7(9)11-5-12-8/h5H,2-4H2,1H3,(H3,9,10,11,12). The Hall–Kier alpha value is -1.97. The molecule has 0 unspecified atom stereocenters. The molecule has 3 N–H and O–H groups in total. The lowest BCUT2D eigenvalue weighted by Crippen LogP contribution is -2.12. The Bertz CT molecular complexity index is 544. The van der Waals surface area contributed by atoms with Crippen LogP contribution in [-0.4, -0.2) is 41.9 Å². The van der Waals surface area contributed by atoms with Gasteiger partial charge in [0.05, 0.1) is 10.7 Å². The minimum absolute atomic E-state index is 0.00559. The number of nitrogens with two attached hydrogens (primary N) is 1. The molecule has 0 atom stereocenters. The van der Waals surface area contributed by atoms with Gasteiger partial charge in [-0.1, -0.05) is 0 Å². The summed E-state index contributed by atoms with van der Waals surface area (Å²) < 4.78 is 21.8. The molecule has 10 heteroatoms. The SMILES string of the molecule is CS(=O)(=O)CCCNc1ncnc(N)c1[N+](=O)[O-]. The third kappa shape index (κ3) is 4.13. The Morgan fingerprint density at radius 1 is 1.50 bits per heavy atom. The van der Waals surface area contributed by atoms with Gasteiger partial charge in [-0.2, -0.15) is 0 Å². The van der Waals surface area contributed by atoms with E-state index in [2.05, 4.69) is 15.3 Å². The maximum absolute atomic E-state index is 10.9. The van der Waals surface area contributed by atoms with Crippen LogP contribution in [0.1, 0.15) is 6.42 Å². The number of sulfone groups is 1. The first-order chi connectivity index (χ1) is 8.31. The predicted molar refractivity (Wildman–Crippen MR) is 65.9 cm³/mol. The molecule has 1 aromatic rings. The highest BCUT2D eigenvalue weighted by atomic mass is 32.2. The van der Waals surface area contributed by atoms with E-state index in [0.29, 0.717) is 6.42 Å². The third-order valence-electron chi connectivity index (χ3n) is 2.02. The second kappa shape index (κ2) is 5.58. The first-order valence-corrected chi connectivity index (χ1v) is 7.04. The number of rotatable bonds is 6. The van der Waals surface area contributed by atoms with E-state index in [1.807, 2.05) is 0 Å². The molecular formula is C8H13N5O4S. The number of nitrogen functional groups attached to an aromatic ring is 1. The van der Waals surface area contributed by atoms with E-state index < -0.39 is 20.4 Å². The molecule has 0 aliphatic carbocycles. The molecule has 0 saturated heterocycles. The van der Waals surface area contributed by atoms with Crippen LogP contribution in [0.15, 0.2) is 6.33 Å². The first-order valence-electron chi connectivity index (χ1n) is 4.97. The van der Waals surface area contributed by atoms with Crippen molar-refractivity contribution in [3.63, 3.8) is 0 Å². The van der Waals surface area contributed by atoms with Crippen molar-refractivity contribution in [2.75, 3.05) is 29.6 Å². The third-order valence-corrected chi connectivity index (χ3v) is 3.05. The first kappa shape index (κ1) is 14.1. The van der Waals surface area contributed by atoms with Crippen LogP contribution in [0.5, 0.6) is 0 Å². The van der Waals surface area contributed by atoms with E-state index in [1.54, 1.807) is 0 Å². The van der Waals surface area contributed by atoms with Gasteiger partial charge in [-0.15, -0.1) is 0 Å². The van der Waals surface area contributed by atoms with Crippen molar-refractivity contribution in [2.24, 2.45) is 0 Å². The molecule has 1 heterocycles. The zero-order chi connectivity index (χ0) is 13.8. The molecular weight excluding hydrogens is 262 g/mol. The highest BCUT2D eigenvalue weighted by molar-refractivity contribution is 7.90. The molecule has 100 valence electrons. The van der Waals surface area contributed by atoms with E-state index in [-0.39, 0.29) is 23.9 Å². The smallest absolute Gasteiger partial charge is 0.352 e. The number of aromatic nitrogens is 2. The van der Waals surface area contributed by atoms with Crippen molar-refractivity contribution >= 4 is 27.2 Å². The fourth-order valence-corrected chi connectivity index (χ4v) is 1.91. The fourth-order valence-electron chi connectivity index (χ4n) is 1.24. The van der Waals surface area contributed by atoms with Gasteiger partial charge in [-0.25, -0.2) is 18.4 Å². The monoisotopic (exact) mass is 275 g/mol. The van der Waals surface area contributed by atoms with Gasteiger partial charge >= 0.3 is 5.69 Å². The average Bonchev–Trinajstić information content (AvgIpc) is 2.22. The quantitative estimate of drug-likeness (QED) is 0.413. The summed E-state index contributed by atoms with van der Waals surface area (Å²) in [6, 6.07) is 0. The van der Waals surface area contributed by atoms with Gasteiger partial charge in [0.2, 0.25) is 11.6 Å². The maximum atomic E-state index is 10.9. The number of hydrogen-bond donors (Lipinski definition) is 2. The number of nitro groups is 1. The van der Waals surface area contributed by atoms with E-state index in [4.69, 9.17) is 5.73 Å². The Morgan fingerprint density at radius 3 is 2.72 bits per heavy atom. The van der Waals surface area contributed by atoms with Crippen molar-refractivity contribution in [3.8, 4) is 0 Å². The Balaban J connectivity index is 2.68. The van der Waals surface area contributed by atoms with E-state index in [0.717, 1.165) is 12.6 Å². The van der Waals surface area contributed by atoms with Gasteiger partial charge in [0.1, 0.15) is 16.2 Å². The lowest BCUT2D eigenvalue weighted by atomic mass is 10.4. The molecule has 0 radical (unpaired) electrons. The molecule has 0 amide bonds. The summed E-state index contributed by atoms with van der Waals surface area (Å²) in [5.74, 6) is -0.254. The number of anilines is 2. The summed E-state index contributed by atoms with van der Waals surface area (Å²) in [5, 5.41) is 13.4. The van der Waals surface area contributed by atoms with Gasteiger partial charge in [0.15, 0.2) is 0 Å². The predicted octanol–water partition coefficient (Wildman–Crippen LogP) is -0.186. The van der Waals surface area contributed by atoms with Crippen molar-refractivity contribution in [2.45, 2.75) is 6.42 Å². The Morgan fingerprint density at radius 2 is 2.17 bits per heavy atom. The summed E-state index contributed by atoms with van der Waals surface area (Å²) in [6.07, 6.45) is 2.54. The molecule has 0 aromatic carbocycles. The van der Waals surface area contributed by atoms with Crippen LogP contribution < -0.4 is 11.1 Å². The van der Waals surface area contributed by atoms with Crippen molar-refractivity contribution in [3.05, 3.63) is 16.4 Å². The van der Waals surface area contributed by atoms with E-state index in [1.165, 1.54) is 0 Å². The average molecular weight is 275 g/mol. The Kier molecular flexibility index (Phi) is 4.37. The van der Waals surface area contributed by atoms with Crippen LogP contribution in [-0.2, 0) is 9.84 Å². The minimum atomic E-state index is -3.04. The lowest BCUT2D eigenvalue weighted by Gasteiger charge is -2.06. The molecule has 0 aliphatic heterocycles. The van der Waals surface area contributed by atoms with Gasteiger partial charge in [0, 0.05) is 12.8 Å². The molecule has 0 saturated carbocycles. The van der Waals surface area contributed by atoms with Crippen molar-refractivity contribution in [1.82, 2.24) is 9.97 Å². The summed E-state index contributed by atoms with van der Waals surface area (Å²) in [6.45, 7) is 0.240. The molecule has 1 rings (SSSR count). The molecule has 9 nitrogen and oxygen atoms in total. The van der Waals surface area contributed by atoms with Crippen LogP contribution in [0.2, 0.25) is 0 Å². The summed E-state index contributed by atoms with van der Waals surface area (Å²) in [7, 11) is -3.04. The minimum Gasteiger partial charge on any atom is -0.378 e. The van der Waals surface area contributed by atoms with E-state index in [9.17, 15) is 18.5 Å². The maximum Gasteiger partial charge on any atom is 0.352 e. The number of hydrogen-bond acceptors (Lipinski definition) is 8. The molecule has 0 spiro atoms. The van der Waals surface area contributed by atoms with Crippen LogP contribution in [0.25, 0.3) is 0 Å². The fraction of sp³-hybridized carbons (Fsp3) is 0.500. The van der Waals surface area contributed by atoms with Crippen molar-refractivity contribution < 1.29 is 13.3 Å². The van der Waals surface area contributed by atoms with Crippen molar-refractivity contribution in [1.29, 1.82) is 0 Å². The summed E-state index contributed by atoms with van der Waals surface area (Å²) in [4.78, 5) is 17.3. The normalized spacial score (nSPS) is 11.2. The summed E-state index contributed by atoms with van der Waals surface area (Å²) >= 11 is 0. The van der Waals surface area contributed by atoms with Gasteiger partial charge in [-0.3, -0.25) is 10.1 Å². The highest BCUT2D eigenvalue weighted by Crippen LogP contribution is 2.25. The number of nitrogens with zero attached hydrogens (tertiary/aromatic N) is 3. The van der Waals surface area contributed by atoms with Crippen LogP contribution in [0.3, 0.4) is 0 Å². The molecule has 1 aromatic heterocycles. The highest BCUT2D eigenvalue weighted by Gasteiger charge is 2.20. The van der Waals surface area contributed by atoms with Gasteiger partial charge in [0.25, 0.3) is 0 Å². The zero-order valence-corrected chi connectivity index (χ0v) is 10.5. The lowest BCUT2D eigenvalue weighted by molar-refractivity contribution is -0.383. The molecule has 0 fully saturated rings. The van der Waals surface area contributed by atoms with Crippen LogP contribution in [0, 0.1) is 10.1 Å². The topological polar surface area (TPSA) is 141 Å². The largest absolute Gasteiger partial charge is 0.378 e. The zero-order valence-electron chi connectivity index (χ0n) is 9.66. The molecule has 0 bridgehead atoms. The summed E-state index contributed by atoms with van der Waals surface area (Å²) in [5.41, 5.74) is 4.96. The Labute approximate surface area is 103 Å². The van der Waals surface area contributed by atoms with Gasteiger partial charge < -0.3 is 11.1 Å². The van der Waals surface area contributed by atoms with E-state index >= 15 is 0 Å². The van der Waals surface area contributed by atoms with Gasteiger partial charge in [-0.05, 0) is 6.42 Å². The second-order valence-electron chi connectivity index (χ2n) is 3.62. The number of nitrogens with one attached hydrogen (secondary N) is 1. The second-order valence-corrected chi connectivity index (χ2v) is 5.88. The molecule has 18 heavy (non-hydrogen) atoms.